The molecule has 0 bridgehead atoms. The van der Waals surface area contributed by atoms with Crippen LogP contribution in [0.25, 0.3) is 0 Å². The number of aromatic amines is 1. The van der Waals surface area contributed by atoms with Crippen molar-refractivity contribution in [1.29, 1.82) is 0 Å². The SMILES string of the molecule is CCC(C)[n+]1[nH]oc(=O)c1C(=O)O. The quantitative estimate of drug-likeness (QED) is 0.648. The van der Waals surface area contributed by atoms with Crippen LogP contribution in [0.15, 0.2) is 9.32 Å². The van der Waals surface area contributed by atoms with Gasteiger partial charge in [0, 0.05) is 13.3 Å². The van der Waals surface area contributed by atoms with Crippen LogP contribution < -0.4 is 10.3 Å². The monoisotopic (exact) mass is 187 g/mol. The third-order valence-corrected chi connectivity index (χ3v) is 1.91. The van der Waals surface area contributed by atoms with Gasteiger partial charge in [0.25, 0.3) is 0 Å². The van der Waals surface area contributed by atoms with Crippen molar-refractivity contribution in [3.05, 3.63) is 16.1 Å². The van der Waals surface area contributed by atoms with Gasteiger partial charge in [-0.2, -0.15) is 0 Å². The van der Waals surface area contributed by atoms with Crippen molar-refractivity contribution in [3.8, 4) is 0 Å². The highest BCUT2D eigenvalue weighted by Gasteiger charge is 2.31. The number of hydrogen-bond acceptors (Lipinski definition) is 3. The Morgan fingerprint density at radius 2 is 2.38 bits per heavy atom. The number of nitrogens with one attached hydrogen (secondary N) is 1. The summed E-state index contributed by atoms with van der Waals surface area (Å²) in [5.74, 6) is -1.28. The third kappa shape index (κ3) is 1.61. The molecule has 0 amide bonds. The lowest BCUT2D eigenvalue weighted by molar-refractivity contribution is -0.784. The van der Waals surface area contributed by atoms with E-state index in [0.29, 0.717) is 6.42 Å². The third-order valence-electron chi connectivity index (χ3n) is 1.91. The molecule has 6 nitrogen and oxygen atoms in total. The van der Waals surface area contributed by atoms with Crippen molar-refractivity contribution >= 4 is 5.97 Å². The van der Waals surface area contributed by atoms with Gasteiger partial charge in [0.05, 0.1) is 0 Å². The molecule has 0 aliphatic heterocycles. The fourth-order valence-electron chi connectivity index (χ4n) is 0.966. The highest BCUT2D eigenvalue weighted by atomic mass is 16.5. The van der Waals surface area contributed by atoms with Crippen LogP contribution in [0.2, 0.25) is 0 Å². The molecule has 0 aliphatic carbocycles. The number of carbonyl (C=O) groups is 1. The minimum absolute atomic E-state index is 0.0995. The van der Waals surface area contributed by atoms with Gasteiger partial charge < -0.3 is 5.11 Å². The summed E-state index contributed by atoms with van der Waals surface area (Å²) in [6.45, 7) is 3.67. The summed E-state index contributed by atoms with van der Waals surface area (Å²) in [5.41, 5.74) is -1.22. The van der Waals surface area contributed by atoms with Gasteiger partial charge in [-0.05, 0) is 5.27 Å². The van der Waals surface area contributed by atoms with Crippen molar-refractivity contribution < 1.29 is 19.1 Å². The van der Waals surface area contributed by atoms with Gasteiger partial charge in [0.2, 0.25) is 0 Å². The first-order valence-corrected chi connectivity index (χ1v) is 3.94. The molecule has 1 aromatic heterocycles. The summed E-state index contributed by atoms with van der Waals surface area (Å²) >= 11 is 0. The molecule has 1 unspecified atom stereocenters. The minimum Gasteiger partial charge on any atom is -0.473 e. The summed E-state index contributed by atoms with van der Waals surface area (Å²) in [7, 11) is 0. The van der Waals surface area contributed by atoms with Gasteiger partial charge in [0.1, 0.15) is 0 Å². The number of carboxylic acids is 1. The molecule has 6 heteroatoms. The van der Waals surface area contributed by atoms with Crippen LogP contribution in [0.3, 0.4) is 0 Å². The number of carboxylic acid groups (broad SMARTS) is 1. The lowest BCUT2D eigenvalue weighted by Gasteiger charge is -1.97. The summed E-state index contributed by atoms with van der Waals surface area (Å²) < 4.78 is 5.59. The van der Waals surface area contributed by atoms with Gasteiger partial charge >= 0.3 is 17.3 Å². The second-order valence-corrected chi connectivity index (χ2v) is 2.76. The Morgan fingerprint density at radius 1 is 1.77 bits per heavy atom. The molecule has 1 aromatic rings. The smallest absolute Gasteiger partial charge is 0.442 e. The predicted octanol–water partition coefficient (Wildman–Crippen LogP) is -0.0754. The fourth-order valence-corrected chi connectivity index (χ4v) is 0.966. The van der Waals surface area contributed by atoms with Crippen LogP contribution in [-0.4, -0.2) is 16.3 Å². The van der Waals surface area contributed by atoms with E-state index in [-0.39, 0.29) is 11.7 Å². The Morgan fingerprint density at radius 3 is 2.85 bits per heavy atom. The molecular weight excluding hydrogens is 176 g/mol. The average Bonchev–Trinajstić information content (AvgIpc) is 2.45. The summed E-state index contributed by atoms with van der Waals surface area (Å²) in [6, 6.07) is -0.0995. The highest BCUT2D eigenvalue weighted by molar-refractivity contribution is 5.82. The second-order valence-electron chi connectivity index (χ2n) is 2.76. The number of nitrogens with zero attached hydrogens (tertiary/aromatic N) is 1. The number of aromatic carboxylic acids is 1. The van der Waals surface area contributed by atoms with E-state index in [1.54, 1.807) is 6.92 Å². The Bertz CT molecular complexity index is 365. The van der Waals surface area contributed by atoms with Crippen LogP contribution >= 0.6 is 0 Å². The minimum atomic E-state index is -1.28. The average molecular weight is 187 g/mol. The van der Waals surface area contributed by atoms with Crippen molar-refractivity contribution in [2.24, 2.45) is 0 Å². The van der Waals surface area contributed by atoms with Gasteiger partial charge in [-0.3, -0.25) is 4.52 Å². The van der Waals surface area contributed by atoms with Gasteiger partial charge in [-0.1, -0.05) is 11.6 Å². The molecule has 0 saturated carbocycles. The van der Waals surface area contributed by atoms with Gasteiger partial charge in [-0.25, -0.2) is 9.59 Å². The van der Waals surface area contributed by atoms with Gasteiger partial charge in [0.15, 0.2) is 6.04 Å². The summed E-state index contributed by atoms with van der Waals surface area (Å²) in [4.78, 5) is 21.5. The molecule has 0 saturated heterocycles. The summed E-state index contributed by atoms with van der Waals surface area (Å²) in [5, 5.41) is 10.9. The zero-order valence-electron chi connectivity index (χ0n) is 7.40. The van der Waals surface area contributed by atoms with Crippen LogP contribution in [0, 0.1) is 0 Å². The lowest BCUT2D eigenvalue weighted by atomic mass is 10.2. The normalized spacial score (nSPS) is 12.8. The van der Waals surface area contributed by atoms with Crippen LogP contribution in [0.4, 0.5) is 0 Å². The zero-order chi connectivity index (χ0) is 10.0. The Labute approximate surface area is 73.7 Å². The van der Waals surface area contributed by atoms with E-state index in [4.69, 9.17) is 5.11 Å². The zero-order valence-corrected chi connectivity index (χ0v) is 7.40. The largest absolute Gasteiger partial charge is 0.473 e. The first kappa shape index (κ1) is 9.50. The number of rotatable bonds is 3. The van der Waals surface area contributed by atoms with Crippen LogP contribution in [0.5, 0.6) is 0 Å². The molecule has 0 fully saturated rings. The maximum Gasteiger partial charge on any atom is 0.442 e. The molecule has 72 valence electrons. The molecular formula is C7H11N2O4+. The second kappa shape index (κ2) is 3.42. The predicted molar refractivity (Wildman–Crippen MR) is 41.5 cm³/mol. The Hall–Kier alpha value is -1.59. The summed E-state index contributed by atoms with van der Waals surface area (Å²) in [6.07, 6.45) is 0.709. The van der Waals surface area contributed by atoms with Crippen LogP contribution in [0.1, 0.15) is 36.8 Å². The number of H-pyrrole nitrogens is 1. The Balaban J connectivity index is 3.22. The fraction of sp³-hybridized carbons (Fsp3) is 0.571. The molecule has 2 N–H and O–H groups in total. The molecule has 0 spiro atoms. The molecule has 1 rings (SSSR count). The van der Waals surface area contributed by atoms with E-state index in [1.807, 2.05) is 6.92 Å². The molecule has 13 heavy (non-hydrogen) atoms. The van der Waals surface area contributed by atoms with Crippen molar-refractivity contribution in [1.82, 2.24) is 5.27 Å². The van der Waals surface area contributed by atoms with E-state index in [0.717, 1.165) is 0 Å². The molecule has 0 aliphatic rings. The molecule has 1 heterocycles. The van der Waals surface area contributed by atoms with Gasteiger partial charge in [-0.15, -0.1) is 0 Å². The maximum atomic E-state index is 10.9. The Kier molecular flexibility index (Phi) is 2.50. The maximum absolute atomic E-state index is 10.9. The van der Waals surface area contributed by atoms with E-state index in [1.165, 1.54) is 4.68 Å². The first-order chi connectivity index (χ1) is 6.07. The molecule has 0 aromatic carbocycles. The van der Waals surface area contributed by atoms with Crippen molar-refractivity contribution in [3.63, 3.8) is 0 Å². The van der Waals surface area contributed by atoms with Crippen LogP contribution in [-0.2, 0) is 0 Å². The highest BCUT2D eigenvalue weighted by Crippen LogP contribution is 1.98. The van der Waals surface area contributed by atoms with E-state index >= 15 is 0 Å². The standard InChI is InChI=1S/C7H10N2O4/c1-3-4(2)9-5(6(10)11)7(12)13-8-9/h4H,3H2,1-2H3,(H-,8,10,11,12)/p+1. The topological polar surface area (TPSA) is 87.2 Å². The van der Waals surface area contributed by atoms with E-state index in [9.17, 15) is 9.59 Å². The lowest BCUT2D eigenvalue weighted by Crippen LogP contribution is -2.46. The van der Waals surface area contributed by atoms with E-state index < -0.39 is 11.6 Å². The first-order valence-electron chi connectivity index (χ1n) is 3.94. The van der Waals surface area contributed by atoms with Crippen molar-refractivity contribution in [2.75, 3.05) is 0 Å². The van der Waals surface area contributed by atoms with Crippen molar-refractivity contribution in [2.45, 2.75) is 26.3 Å². The van der Waals surface area contributed by atoms with E-state index in [2.05, 4.69) is 9.79 Å². The molecule has 0 radical (unpaired) electrons. The molecule has 1 atom stereocenters. The number of aromatic nitrogens is 2. The number of hydrogen-bond donors (Lipinski definition) is 2.